The average molecular weight is 355 g/mol. The van der Waals surface area contributed by atoms with E-state index in [2.05, 4.69) is 0 Å². The van der Waals surface area contributed by atoms with E-state index in [1.807, 2.05) is 6.92 Å². The van der Waals surface area contributed by atoms with Gasteiger partial charge in [0.2, 0.25) is 0 Å². The van der Waals surface area contributed by atoms with E-state index in [0.717, 1.165) is 18.6 Å². The fourth-order valence-electron chi connectivity index (χ4n) is 3.27. The van der Waals surface area contributed by atoms with Gasteiger partial charge >= 0.3 is 0 Å². The second-order valence-electron chi connectivity index (χ2n) is 6.42. The van der Waals surface area contributed by atoms with Gasteiger partial charge in [-0.3, -0.25) is 9.59 Å². The van der Waals surface area contributed by atoms with Crippen molar-refractivity contribution >= 4 is 11.7 Å². The first-order valence-electron chi connectivity index (χ1n) is 8.90. The molecular weight excluding hydrogens is 333 g/mol. The number of carbonyl (C=O) groups is 2. The van der Waals surface area contributed by atoms with Crippen LogP contribution in [0.3, 0.4) is 0 Å². The summed E-state index contributed by atoms with van der Waals surface area (Å²) in [6, 6.07) is 12.6. The molecule has 26 heavy (non-hydrogen) atoms. The van der Waals surface area contributed by atoms with Crippen molar-refractivity contribution in [2.24, 2.45) is 5.92 Å². The number of benzene rings is 2. The third-order valence-corrected chi connectivity index (χ3v) is 4.62. The van der Waals surface area contributed by atoms with Crippen molar-refractivity contribution < 1.29 is 18.7 Å². The number of Topliss-reactive ketones (excluding diaryl/α,β-unsaturated/α-hetero) is 1. The fraction of sp³-hybridized carbons (Fsp3) is 0.333. The summed E-state index contributed by atoms with van der Waals surface area (Å²) < 4.78 is 18.4. The molecule has 0 spiro atoms. The number of carbonyl (C=O) groups excluding carboxylic acids is 2. The molecule has 0 N–H and O–H groups in total. The smallest absolute Gasteiger partial charge is 0.253 e. The van der Waals surface area contributed by atoms with Crippen LogP contribution in [0.1, 0.15) is 40.5 Å². The number of amides is 1. The molecule has 1 saturated heterocycles. The number of nitrogens with zero attached hydrogens (tertiary/aromatic N) is 1. The monoisotopic (exact) mass is 355 g/mol. The van der Waals surface area contributed by atoms with Gasteiger partial charge in [-0.2, -0.15) is 0 Å². The Morgan fingerprint density at radius 3 is 2.38 bits per heavy atom. The highest BCUT2D eigenvalue weighted by Crippen LogP contribution is 2.23. The van der Waals surface area contributed by atoms with Crippen LogP contribution in [-0.4, -0.2) is 36.3 Å². The van der Waals surface area contributed by atoms with E-state index in [0.29, 0.717) is 30.8 Å². The maximum atomic E-state index is 13.1. The lowest BCUT2D eigenvalue weighted by Gasteiger charge is -2.32. The molecule has 0 saturated carbocycles. The van der Waals surface area contributed by atoms with Crippen molar-refractivity contribution in [1.82, 2.24) is 4.90 Å². The number of ketones is 1. The van der Waals surface area contributed by atoms with Crippen LogP contribution in [0.15, 0.2) is 48.5 Å². The van der Waals surface area contributed by atoms with E-state index in [9.17, 15) is 14.0 Å². The Hall–Kier alpha value is -2.69. The molecule has 1 atom stereocenters. The summed E-state index contributed by atoms with van der Waals surface area (Å²) in [5.41, 5.74) is 1.08. The molecule has 0 unspecified atom stereocenters. The van der Waals surface area contributed by atoms with Gasteiger partial charge in [-0.25, -0.2) is 4.39 Å². The van der Waals surface area contributed by atoms with Crippen molar-refractivity contribution in [3.8, 4) is 5.75 Å². The minimum Gasteiger partial charge on any atom is -0.494 e. The first kappa shape index (κ1) is 18.1. The molecule has 1 amide bonds. The van der Waals surface area contributed by atoms with Crippen LogP contribution in [0.25, 0.3) is 0 Å². The Bertz CT molecular complexity index is 771. The molecule has 1 aliphatic heterocycles. The molecule has 2 aromatic carbocycles. The van der Waals surface area contributed by atoms with Crippen molar-refractivity contribution in [3.05, 3.63) is 65.5 Å². The number of rotatable bonds is 5. The zero-order valence-electron chi connectivity index (χ0n) is 14.8. The van der Waals surface area contributed by atoms with Crippen LogP contribution < -0.4 is 4.74 Å². The Balaban J connectivity index is 1.68. The van der Waals surface area contributed by atoms with Gasteiger partial charge in [0.15, 0.2) is 5.78 Å². The lowest BCUT2D eigenvalue weighted by molar-refractivity contribution is 0.0637. The molecule has 5 heteroatoms. The first-order valence-corrected chi connectivity index (χ1v) is 8.90. The van der Waals surface area contributed by atoms with Gasteiger partial charge in [-0.05, 0) is 68.3 Å². The maximum absolute atomic E-state index is 13.1. The Labute approximate surface area is 152 Å². The van der Waals surface area contributed by atoms with Gasteiger partial charge in [0.25, 0.3) is 5.91 Å². The Kier molecular flexibility index (Phi) is 5.66. The van der Waals surface area contributed by atoms with E-state index < -0.39 is 0 Å². The van der Waals surface area contributed by atoms with Crippen LogP contribution in [-0.2, 0) is 0 Å². The van der Waals surface area contributed by atoms with E-state index >= 15 is 0 Å². The van der Waals surface area contributed by atoms with Gasteiger partial charge in [-0.15, -0.1) is 0 Å². The highest BCUT2D eigenvalue weighted by Gasteiger charge is 2.29. The molecule has 136 valence electrons. The highest BCUT2D eigenvalue weighted by molar-refractivity contribution is 5.99. The zero-order valence-corrected chi connectivity index (χ0v) is 14.8. The molecule has 1 fully saturated rings. The predicted octanol–water partition coefficient (Wildman–Crippen LogP) is 3.96. The largest absolute Gasteiger partial charge is 0.494 e. The molecular formula is C21H22FNO3. The summed E-state index contributed by atoms with van der Waals surface area (Å²) in [5, 5.41) is 0. The van der Waals surface area contributed by atoms with Crippen molar-refractivity contribution in [2.75, 3.05) is 19.7 Å². The molecule has 0 bridgehead atoms. The molecule has 2 aromatic rings. The van der Waals surface area contributed by atoms with E-state index in [1.54, 1.807) is 29.2 Å². The van der Waals surface area contributed by atoms with E-state index in [4.69, 9.17) is 4.74 Å². The Morgan fingerprint density at radius 2 is 1.73 bits per heavy atom. The van der Waals surface area contributed by atoms with Gasteiger partial charge in [0.05, 0.1) is 6.61 Å². The summed E-state index contributed by atoms with van der Waals surface area (Å²) in [6.45, 7) is 3.51. The second-order valence-corrected chi connectivity index (χ2v) is 6.42. The SMILES string of the molecule is CCOc1ccc(C(=O)N2CCC[C@H](C(=O)c3ccc(F)cc3)C2)cc1. The van der Waals surface area contributed by atoms with Crippen LogP contribution in [0.5, 0.6) is 5.75 Å². The highest BCUT2D eigenvalue weighted by atomic mass is 19.1. The second kappa shape index (κ2) is 8.13. The van der Waals surface area contributed by atoms with Crippen LogP contribution >= 0.6 is 0 Å². The van der Waals surface area contributed by atoms with Crippen molar-refractivity contribution in [3.63, 3.8) is 0 Å². The molecule has 1 heterocycles. The molecule has 4 nitrogen and oxygen atoms in total. The summed E-state index contributed by atoms with van der Waals surface area (Å²) in [7, 11) is 0. The van der Waals surface area contributed by atoms with Crippen LogP contribution in [0, 0.1) is 11.7 Å². The number of hydrogen-bond acceptors (Lipinski definition) is 3. The minimum atomic E-state index is -0.363. The minimum absolute atomic E-state index is 0.0332. The number of halogens is 1. The molecule has 3 rings (SSSR count). The van der Waals surface area contributed by atoms with Gasteiger partial charge < -0.3 is 9.64 Å². The number of ether oxygens (including phenoxy) is 1. The Morgan fingerprint density at radius 1 is 1.08 bits per heavy atom. The summed E-state index contributed by atoms with van der Waals surface area (Å²) in [6.07, 6.45) is 1.52. The summed E-state index contributed by atoms with van der Waals surface area (Å²) in [4.78, 5) is 27.1. The molecule has 0 radical (unpaired) electrons. The van der Waals surface area contributed by atoms with Crippen molar-refractivity contribution in [1.29, 1.82) is 0 Å². The topological polar surface area (TPSA) is 46.6 Å². The summed E-state index contributed by atoms with van der Waals surface area (Å²) in [5.74, 6) is 0.00395. The number of piperidine rings is 1. The molecule has 1 aliphatic rings. The lowest BCUT2D eigenvalue weighted by atomic mass is 9.89. The standard InChI is InChI=1S/C21H22FNO3/c1-2-26-19-11-7-16(8-12-19)21(25)23-13-3-4-17(14-23)20(24)15-5-9-18(22)10-6-15/h5-12,17H,2-4,13-14H2,1H3/t17-/m0/s1. The summed E-state index contributed by atoms with van der Waals surface area (Å²) >= 11 is 0. The zero-order chi connectivity index (χ0) is 18.5. The lowest BCUT2D eigenvalue weighted by Crippen LogP contribution is -2.42. The average Bonchev–Trinajstić information content (AvgIpc) is 2.68. The fourth-order valence-corrected chi connectivity index (χ4v) is 3.27. The predicted molar refractivity (Wildman–Crippen MR) is 97.0 cm³/mol. The molecule has 0 aliphatic carbocycles. The quantitative estimate of drug-likeness (QED) is 0.763. The third-order valence-electron chi connectivity index (χ3n) is 4.62. The number of likely N-dealkylation sites (tertiary alicyclic amines) is 1. The van der Waals surface area contributed by atoms with Gasteiger partial charge in [-0.1, -0.05) is 0 Å². The normalized spacial score (nSPS) is 17.0. The van der Waals surface area contributed by atoms with E-state index in [-0.39, 0.29) is 23.4 Å². The number of hydrogen-bond donors (Lipinski definition) is 0. The third kappa shape index (κ3) is 4.10. The van der Waals surface area contributed by atoms with Gasteiger partial charge in [0.1, 0.15) is 11.6 Å². The van der Waals surface area contributed by atoms with Crippen LogP contribution in [0.4, 0.5) is 4.39 Å². The first-order chi connectivity index (χ1) is 12.6. The molecule has 0 aromatic heterocycles. The van der Waals surface area contributed by atoms with Crippen LogP contribution in [0.2, 0.25) is 0 Å². The van der Waals surface area contributed by atoms with E-state index in [1.165, 1.54) is 24.3 Å². The van der Waals surface area contributed by atoms with Crippen molar-refractivity contribution in [2.45, 2.75) is 19.8 Å². The van der Waals surface area contributed by atoms with Gasteiger partial charge in [0, 0.05) is 30.1 Å². The maximum Gasteiger partial charge on any atom is 0.253 e.